The molecular weight excluding hydrogens is 272 g/mol. The zero-order valence-electron chi connectivity index (χ0n) is 11.6. The zero-order valence-corrected chi connectivity index (χ0v) is 11.6. The Morgan fingerprint density at radius 1 is 1.00 bits per heavy atom. The molecule has 2 atom stereocenters. The summed E-state index contributed by atoms with van der Waals surface area (Å²) < 4.78 is 65.5. The van der Waals surface area contributed by atoms with Crippen LogP contribution in [0.25, 0.3) is 0 Å². The molecule has 19 heavy (non-hydrogen) atoms. The van der Waals surface area contributed by atoms with Crippen molar-refractivity contribution in [1.82, 2.24) is 0 Å². The van der Waals surface area contributed by atoms with Gasteiger partial charge in [-0.25, -0.2) is 4.39 Å². The second-order valence-corrected chi connectivity index (χ2v) is 3.25. The fraction of sp³-hybridized carbons (Fsp3) is 1.00. The lowest BCUT2D eigenvalue weighted by Gasteiger charge is -2.19. The fourth-order valence-corrected chi connectivity index (χ4v) is 0.862. The van der Waals surface area contributed by atoms with E-state index in [9.17, 15) is 17.6 Å². The van der Waals surface area contributed by atoms with Crippen LogP contribution in [-0.4, -0.2) is 59.3 Å². The van der Waals surface area contributed by atoms with Crippen LogP contribution in [-0.2, 0) is 18.9 Å². The first-order valence-electron chi connectivity index (χ1n) is 5.75. The molecule has 0 fully saturated rings. The topological polar surface area (TPSA) is 36.9 Å². The van der Waals surface area contributed by atoms with Gasteiger partial charge in [-0.1, -0.05) is 0 Å². The monoisotopic (exact) mass is 294 g/mol. The van der Waals surface area contributed by atoms with E-state index in [0.29, 0.717) is 0 Å². The number of halogens is 4. The van der Waals surface area contributed by atoms with Crippen molar-refractivity contribution in [3.05, 3.63) is 0 Å². The molecule has 0 radical (unpaired) electrons. The minimum absolute atomic E-state index is 0.0104. The molecule has 0 aliphatic carbocycles. The quantitative estimate of drug-likeness (QED) is 0.645. The maximum absolute atomic E-state index is 12.0. The lowest BCUT2D eigenvalue weighted by molar-refractivity contribution is -0.232. The molecule has 0 aromatic carbocycles. The minimum atomic E-state index is -4.33. The Morgan fingerprint density at radius 2 is 1.58 bits per heavy atom. The van der Waals surface area contributed by atoms with Crippen molar-refractivity contribution in [2.24, 2.45) is 0 Å². The normalized spacial score (nSPS) is 14.5. The Bertz CT molecular complexity index is 190. The SMILES string of the molecule is CCOCC(OCC)C(F)(F)F.COCC(F)OC. The van der Waals surface area contributed by atoms with Crippen LogP contribution in [0.2, 0.25) is 0 Å². The van der Waals surface area contributed by atoms with Crippen molar-refractivity contribution in [3.8, 4) is 0 Å². The zero-order chi connectivity index (χ0) is 15.3. The first-order chi connectivity index (χ1) is 8.83. The summed E-state index contributed by atoms with van der Waals surface area (Å²) >= 11 is 0. The lowest BCUT2D eigenvalue weighted by atomic mass is 10.3. The van der Waals surface area contributed by atoms with Crippen molar-refractivity contribution in [1.29, 1.82) is 0 Å². The predicted molar refractivity (Wildman–Crippen MR) is 61.7 cm³/mol. The fourth-order valence-electron chi connectivity index (χ4n) is 0.862. The van der Waals surface area contributed by atoms with E-state index in [1.54, 1.807) is 6.92 Å². The minimum Gasteiger partial charge on any atom is -0.379 e. The van der Waals surface area contributed by atoms with Gasteiger partial charge in [0.25, 0.3) is 0 Å². The van der Waals surface area contributed by atoms with E-state index in [1.807, 2.05) is 0 Å². The van der Waals surface area contributed by atoms with E-state index < -0.39 is 25.2 Å². The van der Waals surface area contributed by atoms with Crippen LogP contribution >= 0.6 is 0 Å². The average Bonchev–Trinajstić information content (AvgIpc) is 2.34. The van der Waals surface area contributed by atoms with E-state index in [-0.39, 0.29) is 19.8 Å². The Kier molecular flexibility index (Phi) is 13.8. The maximum Gasteiger partial charge on any atom is 0.416 e. The second-order valence-electron chi connectivity index (χ2n) is 3.25. The average molecular weight is 294 g/mol. The van der Waals surface area contributed by atoms with Gasteiger partial charge in [-0.05, 0) is 13.8 Å². The molecule has 118 valence electrons. The van der Waals surface area contributed by atoms with E-state index in [1.165, 1.54) is 21.1 Å². The molecule has 0 aromatic rings. The molecule has 4 nitrogen and oxygen atoms in total. The molecule has 0 N–H and O–H groups in total. The maximum atomic E-state index is 12.0. The van der Waals surface area contributed by atoms with E-state index in [4.69, 9.17) is 0 Å². The van der Waals surface area contributed by atoms with Gasteiger partial charge in [0.15, 0.2) is 6.10 Å². The van der Waals surface area contributed by atoms with E-state index in [2.05, 4.69) is 18.9 Å². The van der Waals surface area contributed by atoms with Gasteiger partial charge in [0.2, 0.25) is 6.36 Å². The summed E-state index contributed by atoms with van der Waals surface area (Å²) in [5, 5.41) is 0. The molecule has 0 heterocycles. The molecule has 0 bridgehead atoms. The predicted octanol–water partition coefficient (Wildman–Crippen LogP) is 2.57. The van der Waals surface area contributed by atoms with Crippen LogP contribution in [0, 0.1) is 0 Å². The Labute approximate surface area is 111 Å². The van der Waals surface area contributed by atoms with Crippen molar-refractivity contribution in [2.45, 2.75) is 32.5 Å². The Morgan fingerprint density at radius 3 is 1.84 bits per heavy atom. The summed E-state index contributed by atoms with van der Waals surface area (Å²) in [6, 6.07) is 0. The third kappa shape index (κ3) is 13.8. The van der Waals surface area contributed by atoms with Crippen molar-refractivity contribution in [2.75, 3.05) is 40.6 Å². The van der Waals surface area contributed by atoms with Gasteiger partial charge in [-0.3, -0.25) is 0 Å². The van der Waals surface area contributed by atoms with Crippen molar-refractivity contribution < 1.29 is 36.5 Å². The number of hydrogen-bond acceptors (Lipinski definition) is 4. The van der Waals surface area contributed by atoms with Crippen LogP contribution < -0.4 is 0 Å². The highest BCUT2D eigenvalue weighted by Crippen LogP contribution is 2.22. The van der Waals surface area contributed by atoms with Gasteiger partial charge in [0, 0.05) is 27.4 Å². The summed E-state index contributed by atoms with van der Waals surface area (Å²) in [5.41, 5.74) is 0. The van der Waals surface area contributed by atoms with Gasteiger partial charge >= 0.3 is 6.18 Å². The molecule has 0 spiro atoms. The van der Waals surface area contributed by atoms with Gasteiger partial charge < -0.3 is 18.9 Å². The molecule has 8 heteroatoms. The van der Waals surface area contributed by atoms with Crippen LogP contribution in [0.5, 0.6) is 0 Å². The molecule has 2 unspecified atom stereocenters. The smallest absolute Gasteiger partial charge is 0.379 e. The third-order valence-electron chi connectivity index (χ3n) is 1.76. The lowest BCUT2D eigenvalue weighted by Crippen LogP contribution is -2.36. The van der Waals surface area contributed by atoms with Crippen LogP contribution in [0.3, 0.4) is 0 Å². The molecule has 0 rings (SSSR count). The third-order valence-corrected chi connectivity index (χ3v) is 1.76. The summed E-state index contributed by atoms with van der Waals surface area (Å²) in [4.78, 5) is 0. The highest BCUT2D eigenvalue weighted by molar-refractivity contribution is 4.66. The number of alkyl halides is 4. The Balaban J connectivity index is 0. The summed E-state index contributed by atoms with van der Waals surface area (Å²) in [6.07, 6.45) is -7.39. The molecule has 0 saturated carbocycles. The number of rotatable bonds is 8. The summed E-state index contributed by atoms with van der Waals surface area (Å²) in [6.45, 7) is 3.05. The standard InChI is InChI=1S/C7H13F3O2.C4H9FO2/c1-3-11-5-6(12-4-2)7(8,9)10;1-6-3-4(5)7-2/h6H,3-5H2,1-2H3;4H,3H2,1-2H3. The highest BCUT2D eigenvalue weighted by Gasteiger charge is 2.40. The van der Waals surface area contributed by atoms with Crippen LogP contribution in [0.1, 0.15) is 13.8 Å². The van der Waals surface area contributed by atoms with Gasteiger partial charge in [0.1, 0.15) is 6.61 Å². The molecule has 0 aliphatic heterocycles. The Hall–Kier alpha value is -0.440. The first-order valence-corrected chi connectivity index (χ1v) is 5.75. The van der Waals surface area contributed by atoms with Gasteiger partial charge in [0.05, 0.1) is 6.61 Å². The molecule has 0 aromatic heterocycles. The molecule has 0 saturated heterocycles. The number of ether oxygens (including phenoxy) is 4. The van der Waals surface area contributed by atoms with E-state index >= 15 is 0 Å². The van der Waals surface area contributed by atoms with Crippen molar-refractivity contribution in [3.63, 3.8) is 0 Å². The number of methoxy groups -OCH3 is 2. The summed E-state index contributed by atoms with van der Waals surface area (Å²) in [5.74, 6) is 0. The van der Waals surface area contributed by atoms with Gasteiger partial charge in [-0.15, -0.1) is 0 Å². The summed E-state index contributed by atoms with van der Waals surface area (Å²) in [7, 11) is 2.72. The largest absolute Gasteiger partial charge is 0.416 e. The molecule has 0 amide bonds. The molecule has 0 aliphatic rings. The van der Waals surface area contributed by atoms with E-state index in [0.717, 1.165) is 0 Å². The number of hydrogen-bond donors (Lipinski definition) is 0. The van der Waals surface area contributed by atoms with Crippen molar-refractivity contribution >= 4 is 0 Å². The van der Waals surface area contributed by atoms with Crippen LogP contribution in [0.4, 0.5) is 17.6 Å². The first kappa shape index (κ1) is 20.9. The highest BCUT2D eigenvalue weighted by atomic mass is 19.4. The molecular formula is C11H22F4O4. The second kappa shape index (κ2) is 12.6. The van der Waals surface area contributed by atoms with Crippen LogP contribution in [0.15, 0.2) is 0 Å². The van der Waals surface area contributed by atoms with Gasteiger partial charge in [-0.2, -0.15) is 13.2 Å².